The first-order chi connectivity index (χ1) is 6.48. The van der Waals surface area contributed by atoms with Gasteiger partial charge in [-0.25, -0.2) is 0 Å². The van der Waals surface area contributed by atoms with Crippen molar-refractivity contribution in [2.24, 2.45) is 0 Å². The van der Waals surface area contributed by atoms with Crippen LogP contribution in [0.4, 0.5) is 0 Å². The average Bonchev–Trinajstić information content (AvgIpc) is 2.17. The molecule has 0 aliphatic rings. The minimum absolute atomic E-state index is 0.275. The van der Waals surface area contributed by atoms with Gasteiger partial charge in [-0.15, -0.1) is 10.6 Å². The van der Waals surface area contributed by atoms with Crippen molar-refractivity contribution in [2.45, 2.75) is 11.8 Å². The highest BCUT2D eigenvalue weighted by Crippen LogP contribution is 2.48. The third-order valence-electron chi connectivity index (χ3n) is 1.79. The molecule has 0 radical (unpaired) electrons. The molecule has 0 heterocycles. The second kappa shape index (κ2) is 3.91. The molecule has 1 aromatic rings. The molecule has 0 atom stereocenters. The van der Waals surface area contributed by atoms with E-state index in [1.807, 2.05) is 6.92 Å². The molecule has 4 N–H and O–H groups in total. The predicted molar refractivity (Wildman–Crippen MR) is 58.8 cm³/mol. The van der Waals surface area contributed by atoms with Crippen LogP contribution in [0.25, 0.3) is 0 Å². The molecule has 0 fully saturated rings. The molecule has 0 aromatic heterocycles. The highest BCUT2D eigenvalue weighted by molar-refractivity contribution is 8.38. The summed E-state index contributed by atoms with van der Waals surface area (Å²) in [5.74, 6) is 0. The zero-order valence-corrected chi connectivity index (χ0v) is 8.51. The molecule has 4 nitrogen and oxygen atoms in total. The number of hydrogen-bond acceptors (Lipinski definition) is 4. The highest BCUT2D eigenvalue weighted by atomic mass is 32.3. The lowest BCUT2D eigenvalue weighted by Gasteiger charge is -2.30. The van der Waals surface area contributed by atoms with Crippen LogP contribution in [-0.4, -0.2) is 20.4 Å². The summed E-state index contributed by atoms with van der Waals surface area (Å²) in [5, 5.41) is 13.6. The first kappa shape index (κ1) is 10.9. The van der Waals surface area contributed by atoms with E-state index in [0.717, 1.165) is 5.56 Å². The van der Waals surface area contributed by atoms with Crippen molar-refractivity contribution in [3.63, 3.8) is 0 Å². The van der Waals surface area contributed by atoms with E-state index in [0.29, 0.717) is 6.21 Å². The normalized spacial score (nSPS) is 12.2. The Morgan fingerprint density at radius 3 is 2.21 bits per heavy atom. The second-order valence-electron chi connectivity index (χ2n) is 2.87. The molecule has 0 aliphatic heterocycles. The minimum atomic E-state index is -3.27. The van der Waals surface area contributed by atoms with Gasteiger partial charge in [0.25, 0.3) is 0 Å². The Balaban J connectivity index is 3.09. The lowest BCUT2D eigenvalue weighted by atomic mass is 10.2. The smallest absolute Gasteiger partial charge is 0.162 e. The van der Waals surface area contributed by atoms with E-state index in [2.05, 4.69) is 0 Å². The zero-order chi connectivity index (χ0) is 10.8. The molecule has 0 unspecified atom stereocenters. The summed E-state index contributed by atoms with van der Waals surface area (Å²) in [4.78, 5) is 0.275. The molecule has 14 heavy (non-hydrogen) atoms. The lowest BCUT2D eigenvalue weighted by Crippen LogP contribution is -2.11. The maximum Gasteiger partial charge on any atom is 0.162 e. The first-order valence-electron chi connectivity index (χ1n) is 3.92. The van der Waals surface area contributed by atoms with Crippen LogP contribution in [0.15, 0.2) is 29.2 Å². The number of hydrogen-bond donors (Lipinski definition) is 4. The van der Waals surface area contributed by atoms with E-state index in [1.165, 1.54) is 0 Å². The summed E-state index contributed by atoms with van der Waals surface area (Å²) in [7, 11) is -3.27. The predicted octanol–water partition coefficient (Wildman–Crippen LogP) is 2.73. The Bertz CT molecular complexity index is 360. The monoisotopic (exact) mass is 212 g/mol. The maximum atomic E-state index is 9.61. The standard InChI is InChI=1S/C9H12N2O2S/c1-7-2-4-8(5-3-7)14(12,13)9(11)6-10/h2-6,10-13H,1H3. The van der Waals surface area contributed by atoms with Crippen molar-refractivity contribution in [3.05, 3.63) is 29.8 Å². The van der Waals surface area contributed by atoms with Crippen LogP contribution in [-0.2, 0) is 0 Å². The summed E-state index contributed by atoms with van der Waals surface area (Å²) < 4.78 is 19.2. The molecule has 0 amide bonds. The van der Waals surface area contributed by atoms with Crippen LogP contribution >= 0.6 is 10.6 Å². The van der Waals surface area contributed by atoms with Crippen LogP contribution in [0.3, 0.4) is 0 Å². The molecule has 0 bridgehead atoms. The molecule has 0 aliphatic carbocycles. The van der Waals surface area contributed by atoms with Crippen LogP contribution in [0, 0.1) is 17.7 Å². The Kier molecular flexibility index (Phi) is 3.05. The van der Waals surface area contributed by atoms with Crippen molar-refractivity contribution in [3.8, 4) is 0 Å². The van der Waals surface area contributed by atoms with E-state index >= 15 is 0 Å². The van der Waals surface area contributed by atoms with Gasteiger partial charge in [0.05, 0.1) is 11.1 Å². The average molecular weight is 212 g/mol. The van der Waals surface area contributed by atoms with Crippen molar-refractivity contribution in [1.82, 2.24) is 0 Å². The van der Waals surface area contributed by atoms with Gasteiger partial charge < -0.3 is 5.41 Å². The Labute approximate surface area is 84.0 Å². The molecule has 1 aromatic carbocycles. The van der Waals surface area contributed by atoms with Gasteiger partial charge in [0.2, 0.25) is 0 Å². The summed E-state index contributed by atoms with van der Waals surface area (Å²) >= 11 is 0. The molecular formula is C9H12N2O2S. The van der Waals surface area contributed by atoms with E-state index < -0.39 is 15.6 Å². The van der Waals surface area contributed by atoms with E-state index in [4.69, 9.17) is 10.8 Å². The number of rotatable bonds is 2. The van der Waals surface area contributed by atoms with Gasteiger partial charge in [-0.05, 0) is 19.1 Å². The summed E-state index contributed by atoms with van der Waals surface area (Å²) in [6.45, 7) is 1.89. The largest absolute Gasteiger partial charge is 0.305 e. The molecular weight excluding hydrogens is 200 g/mol. The highest BCUT2D eigenvalue weighted by Gasteiger charge is 2.19. The van der Waals surface area contributed by atoms with Gasteiger partial charge in [0.15, 0.2) is 5.04 Å². The van der Waals surface area contributed by atoms with Gasteiger partial charge in [-0.1, -0.05) is 17.7 Å². The second-order valence-corrected chi connectivity index (χ2v) is 4.88. The third kappa shape index (κ3) is 2.01. The van der Waals surface area contributed by atoms with Crippen LogP contribution in [0.5, 0.6) is 0 Å². The van der Waals surface area contributed by atoms with E-state index in [9.17, 15) is 9.11 Å². The van der Waals surface area contributed by atoms with Crippen molar-refractivity contribution in [1.29, 1.82) is 10.8 Å². The van der Waals surface area contributed by atoms with E-state index in [1.54, 1.807) is 24.3 Å². The topological polar surface area (TPSA) is 88.2 Å². The van der Waals surface area contributed by atoms with Gasteiger partial charge >= 0.3 is 0 Å². The summed E-state index contributed by atoms with van der Waals surface area (Å²) in [6.07, 6.45) is 0.648. The van der Waals surface area contributed by atoms with Gasteiger partial charge in [-0.3, -0.25) is 14.5 Å². The quantitative estimate of drug-likeness (QED) is 0.448. The van der Waals surface area contributed by atoms with Gasteiger partial charge in [-0.2, -0.15) is 0 Å². The van der Waals surface area contributed by atoms with Crippen molar-refractivity contribution in [2.75, 3.05) is 0 Å². The number of aryl methyl sites for hydroxylation is 1. The maximum absolute atomic E-state index is 9.61. The van der Waals surface area contributed by atoms with Crippen LogP contribution < -0.4 is 0 Å². The molecule has 0 saturated carbocycles. The SMILES string of the molecule is Cc1ccc(S(O)(O)C(=N)C=N)cc1. The van der Waals surface area contributed by atoms with Crippen LogP contribution in [0.1, 0.15) is 5.56 Å². The molecule has 0 saturated heterocycles. The number of nitrogens with one attached hydrogen (secondary N) is 2. The molecule has 5 heteroatoms. The Morgan fingerprint density at radius 2 is 1.79 bits per heavy atom. The minimum Gasteiger partial charge on any atom is -0.305 e. The van der Waals surface area contributed by atoms with E-state index in [-0.39, 0.29) is 4.90 Å². The van der Waals surface area contributed by atoms with Crippen molar-refractivity contribution >= 4 is 21.8 Å². The Morgan fingerprint density at radius 1 is 1.29 bits per heavy atom. The van der Waals surface area contributed by atoms with Gasteiger partial charge in [0, 0.05) is 0 Å². The molecule has 76 valence electrons. The lowest BCUT2D eigenvalue weighted by molar-refractivity contribution is 0.504. The molecule has 1 rings (SSSR count). The van der Waals surface area contributed by atoms with Crippen molar-refractivity contribution < 1.29 is 9.11 Å². The summed E-state index contributed by atoms with van der Waals surface area (Å²) in [5.41, 5.74) is 1.00. The third-order valence-corrected chi connectivity index (χ3v) is 3.45. The Hall–Kier alpha value is -1.17. The zero-order valence-electron chi connectivity index (χ0n) is 7.69. The first-order valence-corrected chi connectivity index (χ1v) is 5.47. The fourth-order valence-electron chi connectivity index (χ4n) is 0.937. The van der Waals surface area contributed by atoms with Gasteiger partial charge in [0.1, 0.15) is 0 Å². The number of benzene rings is 1. The fourth-order valence-corrected chi connectivity index (χ4v) is 1.87. The summed E-state index contributed by atoms with van der Waals surface area (Å²) in [6, 6.07) is 6.59. The van der Waals surface area contributed by atoms with Crippen LogP contribution in [0.2, 0.25) is 0 Å². The fraction of sp³-hybridized carbons (Fsp3) is 0.111. The molecule has 0 spiro atoms.